The van der Waals surface area contributed by atoms with E-state index in [4.69, 9.17) is 10.5 Å². The molecule has 84 valence electrons. The molecular formula is C10H22N2O2. The monoisotopic (exact) mass is 202 g/mol. The summed E-state index contributed by atoms with van der Waals surface area (Å²) in [6.45, 7) is 8.43. The lowest BCUT2D eigenvalue weighted by molar-refractivity contribution is -0.124. The summed E-state index contributed by atoms with van der Waals surface area (Å²) >= 11 is 0. The lowest BCUT2D eigenvalue weighted by atomic mass is 9.88. The molecule has 4 heteroatoms. The molecule has 0 fully saturated rings. The van der Waals surface area contributed by atoms with Gasteiger partial charge in [0.25, 0.3) is 0 Å². The molecule has 0 aromatic rings. The number of hydrogen-bond acceptors (Lipinski definition) is 3. The Morgan fingerprint density at radius 2 is 2.00 bits per heavy atom. The number of carbonyl (C=O) groups is 1. The van der Waals surface area contributed by atoms with Crippen LogP contribution in [0.3, 0.4) is 0 Å². The van der Waals surface area contributed by atoms with E-state index >= 15 is 0 Å². The molecule has 2 atom stereocenters. The summed E-state index contributed by atoms with van der Waals surface area (Å²) in [6.07, 6.45) is 0. The molecule has 1 amide bonds. The molecule has 0 rings (SSSR count). The average Bonchev–Trinajstić information content (AvgIpc) is 2.02. The highest BCUT2D eigenvalue weighted by Gasteiger charge is 2.23. The zero-order valence-electron chi connectivity index (χ0n) is 9.76. The van der Waals surface area contributed by atoms with Gasteiger partial charge in [0.1, 0.15) is 6.04 Å². The van der Waals surface area contributed by atoms with Crippen LogP contribution in [0.1, 0.15) is 27.7 Å². The molecule has 0 aromatic carbocycles. The van der Waals surface area contributed by atoms with Gasteiger partial charge in [-0.1, -0.05) is 20.8 Å². The SMILES string of the molecule is COCC(N)C(=O)NC(C)C(C)(C)C. The van der Waals surface area contributed by atoms with E-state index in [0.29, 0.717) is 0 Å². The summed E-state index contributed by atoms with van der Waals surface area (Å²) in [5, 5.41) is 2.86. The quantitative estimate of drug-likeness (QED) is 0.698. The molecule has 0 heterocycles. The van der Waals surface area contributed by atoms with E-state index in [9.17, 15) is 4.79 Å². The molecule has 0 radical (unpaired) electrons. The number of ether oxygens (including phenoxy) is 1. The highest BCUT2D eigenvalue weighted by atomic mass is 16.5. The van der Waals surface area contributed by atoms with Crippen molar-refractivity contribution in [3.63, 3.8) is 0 Å². The Balaban J connectivity index is 4.06. The van der Waals surface area contributed by atoms with Crippen LogP contribution in [0.15, 0.2) is 0 Å². The predicted octanol–water partition coefficient (Wildman–Crippen LogP) is 0.511. The normalized spacial score (nSPS) is 16.1. The van der Waals surface area contributed by atoms with Crippen molar-refractivity contribution in [1.82, 2.24) is 5.32 Å². The first-order chi connectivity index (χ1) is 6.29. The van der Waals surface area contributed by atoms with Crippen LogP contribution in [0, 0.1) is 5.41 Å². The largest absolute Gasteiger partial charge is 0.383 e. The minimum Gasteiger partial charge on any atom is -0.383 e. The molecule has 0 spiro atoms. The number of carbonyl (C=O) groups excluding carboxylic acids is 1. The van der Waals surface area contributed by atoms with Gasteiger partial charge in [-0.2, -0.15) is 0 Å². The Labute approximate surface area is 86.2 Å². The highest BCUT2D eigenvalue weighted by molar-refractivity contribution is 5.81. The van der Waals surface area contributed by atoms with Gasteiger partial charge in [-0.05, 0) is 12.3 Å². The molecule has 0 aliphatic rings. The van der Waals surface area contributed by atoms with E-state index in [-0.39, 0.29) is 24.0 Å². The lowest BCUT2D eigenvalue weighted by Gasteiger charge is -2.29. The number of nitrogens with one attached hydrogen (secondary N) is 1. The predicted molar refractivity (Wildman–Crippen MR) is 56.9 cm³/mol. The summed E-state index contributed by atoms with van der Waals surface area (Å²) in [7, 11) is 1.53. The minimum atomic E-state index is -0.579. The third kappa shape index (κ3) is 4.58. The summed E-state index contributed by atoms with van der Waals surface area (Å²) in [5.41, 5.74) is 5.63. The van der Waals surface area contributed by atoms with Gasteiger partial charge in [-0.15, -0.1) is 0 Å². The fraction of sp³-hybridized carbons (Fsp3) is 0.900. The van der Waals surface area contributed by atoms with E-state index in [1.165, 1.54) is 7.11 Å². The van der Waals surface area contributed by atoms with Crippen LogP contribution in [0.25, 0.3) is 0 Å². The Morgan fingerprint density at radius 1 is 1.50 bits per heavy atom. The third-order valence-electron chi connectivity index (χ3n) is 2.34. The van der Waals surface area contributed by atoms with E-state index in [2.05, 4.69) is 26.1 Å². The first-order valence-corrected chi connectivity index (χ1v) is 4.84. The van der Waals surface area contributed by atoms with Crippen molar-refractivity contribution in [2.24, 2.45) is 11.1 Å². The molecule has 2 unspecified atom stereocenters. The second-order valence-corrected chi connectivity index (χ2v) is 4.66. The van der Waals surface area contributed by atoms with Gasteiger partial charge < -0.3 is 15.8 Å². The van der Waals surface area contributed by atoms with E-state index in [1.54, 1.807) is 0 Å². The van der Waals surface area contributed by atoms with Crippen molar-refractivity contribution in [2.45, 2.75) is 39.8 Å². The number of amides is 1. The van der Waals surface area contributed by atoms with Gasteiger partial charge in [-0.3, -0.25) is 4.79 Å². The third-order valence-corrected chi connectivity index (χ3v) is 2.34. The zero-order chi connectivity index (χ0) is 11.4. The van der Waals surface area contributed by atoms with Crippen molar-refractivity contribution in [2.75, 3.05) is 13.7 Å². The summed E-state index contributed by atoms with van der Waals surface area (Å²) in [6, 6.07) is -0.484. The van der Waals surface area contributed by atoms with Crippen LogP contribution in [-0.4, -0.2) is 31.7 Å². The van der Waals surface area contributed by atoms with Crippen molar-refractivity contribution < 1.29 is 9.53 Å². The first kappa shape index (κ1) is 13.4. The average molecular weight is 202 g/mol. The molecular weight excluding hydrogens is 180 g/mol. The lowest BCUT2D eigenvalue weighted by Crippen LogP contribution is -2.50. The van der Waals surface area contributed by atoms with Gasteiger partial charge in [-0.25, -0.2) is 0 Å². The Bertz CT molecular complexity index is 187. The Morgan fingerprint density at radius 3 is 2.36 bits per heavy atom. The minimum absolute atomic E-state index is 0.0441. The fourth-order valence-electron chi connectivity index (χ4n) is 0.792. The number of hydrogen-bond donors (Lipinski definition) is 2. The number of rotatable bonds is 4. The number of methoxy groups -OCH3 is 1. The van der Waals surface area contributed by atoms with Crippen LogP contribution in [-0.2, 0) is 9.53 Å². The summed E-state index contributed by atoms with van der Waals surface area (Å²) < 4.78 is 4.81. The molecule has 0 aliphatic carbocycles. The highest BCUT2D eigenvalue weighted by Crippen LogP contribution is 2.18. The maximum Gasteiger partial charge on any atom is 0.239 e. The smallest absolute Gasteiger partial charge is 0.239 e. The van der Waals surface area contributed by atoms with Gasteiger partial charge in [0.05, 0.1) is 6.61 Å². The number of nitrogens with two attached hydrogens (primary N) is 1. The Hall–Kier alpha value is -0.610. The second kappa shape index (κ2) is 5.32. The molecule has 0 bridgehead atoms. The van der Waals surface area contributed by atoms with Crippen molar-refractivity contribution >= 4 is 5.91 Å². The van der Waals surface area contributed by atoms with Crippen molar-refractivity contribution in [3.8, 4) is 0 Å². The van der Waals surface area contributed by atoms with Gasteiger partial charge >= 0.3 is 0 Å². The van der Waals surface area contributed by atoms with Gasteiger partial charge in [0.15, 0.2) is 0 Å². The van der Waals surface area contributed by atoms with Crippen LogP contribution in [0.5, 0.6) is 0 Å². The van der Waals surface area contributed by atoms with E-state index in [1.807, 2.05) is 6.92 Å². The molecule has 3 N–H and O–H groups in total. The summed E-state index contributed by atoms with van der Waals surface area (Å²) in [5.74, 6) is -0.158. The second-order valence-electron chi connectivity index (χ2n) is 4.66. The Kier molecular flexibility index (Phi) is 5.08. The van der Waals surface area contributed by atoms with Crippen molar-refractivity contribution in [3.05, 3.63) is 0 Å². The van der Waals surface area contributed by atoms with Crippen molar-refractivity contribution in [1.29, 1.82) is 0 Å². The van der Waals surface area contributed by atoms with Crippen LogP contribution in [0.4, 0.5) is 0 Å². The van der Waals surface area contributed by atoms with Gasteiger partial charge in [0.2, 0.25) is 5.91 Å². The molecule has 4 nitrogen and oxygen atoms in total. The maximum atomic E-state index is 11.5. The molecule has 14 heavy (non-hydrogen) atoms. The van der Waals surface area contributed by atoms with Gasteiger partial charge in [0, 0.05) is 13.2 Å². The molecule has 0 saturated carbocycles. The van der Waals surface area contributed by atoms with E-state index in [0.717, 1.165) is 0 Å². The molecule has 0 aromatic heterocycles. The fourth-order valence-corrected chi connectivity index (χ4v) is 0.792. The van der Waals surface area contributed by atoms with Crippen LogP contribution in [0.2, 0.25) is 0 Å². The molecule has 0 aliphatic heterocycles. The summed E-state index contributed by atoms with van der Waals surface area (Å²) in [4.78, 5) is 11.5. The van der Waals surface area contributed by atoms with E-state index < -0.39 is 6.04 Å². The van der Waals surface area contributed by atoms with Crippen LogP contribution < -0.4 is 11.1 Å². The van der Waals surface area contributed by atoms with Crippen LogP contribution >= 0.6 is 0 Å². The standard InChI is InChI=1S/C10H22N2O2/c1-7(10(2,3)4)12-9(13)8(11)6-14-5/h7-8H,6,11H2,1-5H3,(H,12,13). The molecule has 0 saturated heterocycles. The maximum absolute atomic E-state index is 11.5. The topological polar surface area (TPSA) is 64.3 Å². The zero-order valence-corrected chi connectivity index (χ0v) is 9.76. The first-order valence-electron chi connectivity index (χ1n) is 4.84.